The summed E-state index contributed by atoms with van der Waals surface area (Å²) in [7, 11) is 0. The molecule has 5 heteroatoms. The lowest BCUT2D eigenvalue weighted by Gasteiger charge is -2.17. The van der Waals surface area contributed by atoms with E-state index in [4.69, 9.17) is 15.0 Å². The number of hydrogen-bond acceptors (Lipinski definition) is 5. The molecule has 0 amide bonds. The maximum Gasteiger partial charge on any atom is 0.252 e. The quantitative estimate of drug-likeness (QED) is 0.819. The smallest absolute Gasteiger partial charge is 0.252 e. The lowest BCUT2D eigenvalue weighted by atomic mass is 10.2. The molecule has 1 heterocycles. The Bertz CT molecular complexity index is 304. The van der Waals surface area contributed by atoms with E-state index in [-0.39, 0.29) is 11.5 Å². The fourth-order valence-electron chi connectivity index (χ4n) is 0.910. The van der Waals surface area contributed by atoms with E-state index < -0.39 is 0 Å². The van der Waals surface area contributed by atoms with Gasteiger partial charge in [0, 0.05) is 12.5 Å². The fraction of sp³-hybridized carbons (Fsp3) is 0.800. The van der Waals surface area contributed by atoms with Crippen LogP contribution in [0.2, 0.25) is 0 Å². The molecule has 0 saturated heterocycles. The van der Waals surface area contributed by atoms with Crippen LogP contribution in [0.3, 0.4) is 0 Å². The first-order chi connectivity index (χ1) is 6.92. The van der Waals surface area contributed by atoms with Gasteiger partial charge in [0.15, 0.2) is 5.82 Å². The molecule has 0 saturated carbocycles. The summed E-state index contributed by atoms with van der Waals surface area (Å²) in [5.41, 5.74) is 5.30. The zero-order valence-electron chi connectivity index (χ0n) is 9.78. The van der Waals surface area contributed by atoms with Crippen LogP contribution in [-0.4, -0.2) is 22.3 Å². The van der Waals surface area contributed by atoms with Crippen LogP contribution in [0, 0.1) is 0 Å². The molecule has 5 nitrogen and oxygen atoms in total. The van der Waals surface area contributed by atoms with Crippen LogP contribution in [-0.2, 0) is 11.3 Å². The van der Waals surface area contributed by atoms with Gasteiger partial charge in [0.05, 0.1) is 5.60 Å². The molecule has 0 fully saturated rings. The van der Waals surface area contributed by atoms with Crippen LogP contribution >= 0.6 is 0 Å². The van der Waals surface area contributed by atoms with Gasteiger partial charge in [0.1, 0.15) is 6.61 Å². The number of rotatable bonds is 4. The molecule has 1 unspecified atom stereocenters. The number of ether oxygens (including phenoxy) is 1. The van der Waals surface area contributed by atoms with Gasteiger partial charge in [-0.1, -0.05) is 12.1 Å². The van der Waals surface area contributed by atoms with Crippen molar-refractivity contribution < 1.29 is 9.26 Å². The molecule has 15 heavy (non-hydrogen) atoms. The van der Waals surface area contributed by atoms with Crippen molar-refractivity contribution >= 4 is 0 Å². The van der Waals surface area contributed by atoms with E-state index in [9.17, 15) is 0 Å². The minimum absolute atomic E-state index is 0.122. The number of aromatic nitrogens is 2. The Kier molecular flexibility index (Phi) is 3.82. The maximum absolute atomic E-state index is 5.51. The largest absolute Gasteiger partial charge is 0.366 e. The van der Waals surface area contributed by atoms with Crippen molar-refractivity contribution in [2.45, 2.75) is 45.8 Å². The van der Waals surface area contributed by atoms with E-state index in [2.05, 4.69) is 10.1 Å². The molecule has 0 aliphatic heterocycles. The molecule has 1 rings (SSSR count). The van der Waals surface area contributed by atoms with E-state index in [1.165, 1.54) is 0 Å². The van der Waals surface area contributed by atoms with Crippen LogP contribution in [0.25, 0.3) is 0 Å². The normalized spacial score (nSPS) is 14.2. The SMILES string of the molecule is CC(CN)c1noc(COC(C)(C)C)n1. The van der Waals surface area contributed by atoms with Gasteiger partial charge in [-0.25, -0.2) is 0 Å². The Morgan fingerprint density at radius 2 is 2.13 bits per heavy atom. The molecular formula is C10H19N3O2. The molecule has 0 spiro atoms. The van der Waals surface area contributed by atoms with Gasteiger partial charge in [0.25, 0.3) is 5.89 Å². The summed E-state index contributed by atoms with van der Waals surface area (Å²) >= 11 is 0. The highest BCUT2D eigenvalue weighted by molar-refractivity contribution is 4.93. The minimum Gasteiger partial charge on any atom is -0.366 e. The molecule has 0 radical (unpaired) electrons. The van der Waals surface area contributed by atoms with Gasteiger partial charge in [-0.15, -0.1) is 0 Å². The first-order valence-corrected chi connectivity index (χ1v) is 5.09. The number of nitrogens with two attached hydrogens (primary N) is 1. The molecule has 86 valence electrons. The zero-order chi connectivity index (χ0) is 11.5. The van der Waals surface area contributed by atoms with Crippen molar-refractivity contribution in [2.75, 3.05) is 6.54 Å². The van der Waals surface area contributed by atoms with E-state index in [0.717, 1.165) is 0 Å². The number of nitrogens with zero attached hydrogens (tertiary/aromatic N) is 2. The molecule has 0 aliphatic carbocycles. The Morgan fingerprint density at radius 1 is 1.47 bits per heavy atom. The van der Waals surface area contributed by atoms with Crippen LogP contribution < -0.4 is 5.73 Å². The Morgan fingerprint density at radius 3 is 2.67 bits per heavy atom. The second-order valence-corrected chi connectivity index (χ2v) is 4.58. The highest BCUT2D eigenvalue weighted by Gasteiger charge is 2.15. The van der Waals surface area contributed by atoms with Crippen molar-refractivity contribution in [3.8, 4) is 0 Å². The highest BCUT2D eigenvalue weighted by Crippen LogP contribution is 2.13. The summed E-state index contributed by atoms with van der Waals surface area (Å²) in [6.45, 7) is 8.75. The molecule has 0 bridgehead atoms. The van der Waals surface area contributed by atoms with E-state index >= 15 is 0 Å². The van der Waals surface area contributed by atoms with E-state index in [1.807, 2.05) is 27.7 Å². The first kappa shape index (κ1) is 12.1. The van der Waals surface area contributed by atoms with E-state index in [1.54, 1.807) is 0 Å². The van der Waals surface area contributed by atoms with Crippen LogP contribution in [0.1, 0.15) is 45.3 Å². The van der Waals surface area contributed by atoms with Gasteiger partial charge in [0.2, 0.25) is 0 Å². The predicted molar refractivity (Wildman–Crippen MR) is 56.3 cm³/mol. The molecule has 1 atom stereocenters. The van der Waals surface area contributed by atoms with Crippen molar-refractivity contribution in [1.82, 2.24) is 10.1 Å². The Hall–Kier alpha value is -0.940. The van der Waals surface area contributed by atoms with Crippen molar-refractivity contribution in [3.63, 3.8) is 0 Å². The zero-order valence-corrected chi connectivity index (χ0v) is 9.78. The Labute approximate surface area is 90.0 Å². The maximum atomic E-state index is 5.51. The van der Waals surface area contributed by atoms with Crippen LogP contribution in [0.4, 0.5) is 0 Å². The van der Waals surface area contributed by atoms with E-state index in [0.29, 0.717) is 24.9 Å². The van der Waals surface area contributed by atoms with Gasteiger partial charge < -0.3 is 15.0 Å². The minimum atomic E-state index is -0.200. The average molecular weight is 213 g/mol. The summed E-state index contributed by atoms with van der Waals surface area (Å²) in [5.74, 6) is 1.27. The molecule has 1 aromatic heterocycles. The topological polar surface area (TPSA) is 74.2 Å². The second kappa shape index (κ2) is 4.72. The summed E-state index contributed by atoms with van der Waals surface area (Å²) in [4.78, 5) is 4.20. The van der Waals surface area contributed by atoms with Gasteiger partial charge in [-0.3, -0.25) is 0 Å². The average Bonchev–Trinajstić information content (AvgIpc) is 2.61. The third-order valence-electron chi connectivity index (χ3n) is 1.91. The lowest BCUT2D eigenvalue weighted by Crippen LogP contribution is -2.18. The third kappa shape index (κ3) is 3.97. The third-order valence-corrected chi connectivity index (χ3v) is 1.91. The van der Waals surface area contributed by atoms with Crippen LogP contribution in [0.5, 0.6) is 0 Å². The standard InChI is InChI=1S/C10H19N3O2/c1-7(5-11)9-12-8(15-13-9)6-14-10(2,3)4/h7H,5-6,11H2,1-4H3. The molecule has 1 aromatic rings. The predicted octanol–water partition coefficient (Wildman–Crippen LogP) is 1.45. The van der Waals surface area contributed by atoms with Gasteiger partial charge >= 0.3 is 0 Å². The summed E-state index contributed by atoms with van der Waals surface area (Å²) in [5, 5.41) is 3.84. The van der Waals surface area contributed by atoms with Gasteiger partial charge in [-0.2, -0.15) is 4.98 Å². The second-order valence-electron chi connectivity index (χ2n) is 4.58. The highest BCUT2D eigenvalue weighted by atomic mass is 16.5. The summed E-state index contributed by atoms with van der Waals surface area (Å²) in [6, 6.07) is 0. The van der Waals surface area contributed by atoms with Crippen molar-refractivity contribution in [3.05, 3.63) is 11.7 Å². The Balaban J connectivity index is 2.53. The monoisotopic (exact) mass is 213 g/mol. The molecule has 2 N–H and O–H groups in total. The van der Waals surface area contributed by atoms with Gasteiger partial charge in [-0.05, 0) is 20.8 Å². The molecular weight excluding hydrogens is 194 g/mol. The summed E-state index contributed by atoms with van der Waals surface area (Å²) in [6.07, 6.45) is 0. The molecule has 0 aliphatic rings. The first-order valence-electron chi connectivity index (χ1n) is 5.09. The molecule has 0 aromatic carbocycles. The lowest BCUT2D eigenvalue weighted by molar-refractivity contribution is -0.0260. The van der Waals surface area contributed by atoms with Crippen molar-refractivity contribution in [2.24, 2.45) is 5.73 Å². The van der Waals surface area contributed by atoms with Crippen molar-refractivity contribution in [1.29, 1.82) is 0 Å². The van der Waals surface area contributed by atoms with Crippen LogP contribution in [0.15, 0.2) is 4.52 Å². The number of hydrogen-bond donors (Lipinski definition) is 1. The summed E-state index contributed by atoms with van der Waals surface area (Å²) < 4.78 is 10.6. The fourth-order valence-corrected chi connectivity index (χ4v) is 0.910.